The van der Waals surface area contributed by atoms with Crippen LogP contribution in [0.25, 0.3) is 0 Å². The first kappa shape index (κ1) is 15.9. The molecule has 0 radical (unpaired) electrons. The number of nitrogen functional groups attached to an aromatic ring is 1. The highest BCUT2D eigenvalue weighted by Crippen LogP contribution is 2.23. The van der Waals surface area contributed by atoms with Gasteiger partial charge in [0.05, 0.1) is 11.5 Å². The Labute approximate surface area is 115 Å². The van der Waals surface area contributed by atoms with E-state index in [0.717, 1.165) is 0 Å². The molecule has 1 rings (SSSR count). The lowest BCUT2D eigenvalue weighted by Gasteiger charge is -2.27. The molecule has 1 aromatic carbocycles. The van der Waals surface area contributed by atoms with Crippen LogP contribution in [0.1, 0.15) is 19.4 Å². The maximum atomic E-state index is 12.7. The fourth-order valence-corrected chi connectivity index (χ4v) is 3.95. The van der Waals surface area contributed by atoms with Crippen molar-refractivity contribution in [3.8, 4) is 0 Å². The molecule has 5 nitrogen and oxygen atoms in total. The van der Waals surface area contributed by atoms with Crippen molar-refractivity contribution in [2.45, 2.75) is 31.7 Å². The molecule has 1 atom stereocenters. The van der Waals surface area contributed by atoms with Gasteiger partial charge in [-0.2, -0.15) is 4.31 Å². The third-order valence-electron chi connectivity index (χ3n) is 3.01. The van der Waals surface area contributed by atoms with Gasteiger partial charge in [-0.15, -0.1) is 0 Å². The Balaban J connectivity index is 3.24. The molecule has 1 unspecified atom stereocenters. The van der Waals surface area contributed by atoms with Gasteiger partial charge in [-0.05, 0) is 31.5 Å². The molecule has 0 spiro atoms. The van der Waals surface area contributed by atoms with Gasteiger partial charge in [0.1, 0.15) is 0 Å². The lowest BCUT2D eigenvalue weighted by molar-refractivity contribution is 0.142. The van der Waals surface area contributed by atoms with E-state index < -0.39 is 10.0 Å². The maximum absolute atomic E-state index is 12.7. The number of hydrogen-bond acceptors (Lipinski definition) is 4. The van der Waals surface area contributed by atoms with Gasteiger partial charge in [0.15, 0.2) is 0 Å². The summed E-state index contributed by atoms with van der Waals surface area (Å²) in [6.45, 7) is 6.15. The number of methoxy groups -OCH3 is 1. The summed E-state index contributed by atoms with van der Waals surface area (Å²) in [4.78, 5) is 0.261. The molecule has 108 valence electrons. The highest BCUT2D eigenvalue weighted by molar-refractivity contribution is 7.89. The first-order valence-corrected chi connectivity index (χ1v) is 7.65. The number of nitrogens with zero attached hydrogens (tertiary/aromatic N) is 1. The van der Waals surface area contributed by atoms with Crippen LogP contribution in [-0.4, -0.2) is 39.0 Å². The molecule has 0 aliphatic rings. The zero-order valence-electron chi connectivity index (χ0n) is 11.9. The van der Waals surface area contributed by atoms with E-state index in [1.807, 2.05) is 13.8 Å². The predicted octanol–water partition coefficient (Wildman–Crippen LogP) is 1.62. The summed E-state index contributed by atoms with van der Waals surface area (Å²) < 4.78 is 31.8. The van der Waals surface area contributed by atoms with Crippen LogP contribution in [0, 0.1) is 6.92 Å². The highest BCUT2D eigenvalue weighted by Gasteiger charge is 2.29. The number of anilines is 1. The third-order valence-corrected chi connectivity index (χ3v) is 5.24. The Morgan fingerprint density at radius 1 is 1.42 bits per heavy atom. The molecular weight excluding hydrogens is 264 g/mol. The van der Waals surface area contributed by atoms with E-state index in [1.54, 1.807) is 26.2 Å². The second-order valence-corrected chi connectivity index (χ2v) is 6.40. The number of benzene rings is 1. The molecule has 0 heterocycles. The van der Waals surface area contributed by atoms with Crippen molar-refractivity contribution < 1.29 is 13.2 Å². The first-order valence-electron chi connectivity index (χ1n) is 6.21. The zero-order valence-corrected chi connectivity index (χ0v) is 12.7. The van der Waals surface area contributed by atoms with E-state index in [1.165, 1.54) is 10.4 Å². The van der Waals surface area contributed by atoms with Crippen molar-refractivity contribution in [2.75, 3.05) is 26.0 Å². The quantitative estimate of drug-likeness (QED) is 0.807. The fourth-order valence-electron chi connectivity index (χ4n) is 2.06. The minimum Gasteiger partial charge on any atom is -0.399 e. The molecule has 0 saturated heterocycles. The minimum absolute atomic E-state index is 0.221. The molecule has 0 saturated carbocycles. The first-order chi connectivity index (χ1) is 8.84. The van der Waals surface area contributed by atoms with Gasteiger partial charge in [-0.1, -0.05) is 13.0 Å². The zero-order chi connectivity index (χ0) is 14.6. The molecule has 0 amide bonds. The van der Waals surface area contributed by atoms with E-state index in [2.05, 4.69) is 0 Å². The van der Waals surface area contributed by atoms with Crippen LogP contribution in [0.5, 0.6) is 0 Å². The second-order valence-electron chi connectivity index (χ2n) is 4.54. The molecule has 0 aliphatic heterocycles. The molecule has 19 heavy (non-hydrogen) atoms. The Morgan fingerprint density at radius 2 is 2.05 bits per heavy atom. The lowest BCUT2D eigenvalue weighted by Crippen LogP contribution is -2.41. The molecule has 0 aliphatic carbocycles. The number of likely N-dealkylation sites (N-methyl/N-ethyl adjacent to an activating group) is 1. The Bertz CT molecular complexity index is 529. The van der Waals surface area contributed by atoms with Crippen molar-refractivity contribution in [1.82, 2.24) is 4.31 Å². The number of rotatable bonds is 6. The highest BCUT2D eigenvalue weighted by atomic mass is 32.2. The summed E-state index contributed by atoms with van der Waals surface area (Å²) in [5.41, 5.74) is 6.83. The topological polar surface area (TPSA) is 72.6 Å². The molecule has 0 aromatic heterocycles. The van der Waals surface area contributed by atoms with E-state index in [4.69, 9.17) is 10.5 Å². The Hall–Kier alpha value is -1.11. The SMILES string of the molecule is CCN(C(C)COC)S(=O)(=O)c1cc(N)ccc1C. The third kappa shape index (κ3) is 3.46. The number of ether oxygens (including phenoxy) is 1. The standard InChI is InChI=1S/C13H22N2O3S/c1-5-15(11(3)9-18-4)19(16,17)13-8-12(14)7-6-10(13)2/h6-8,11H,5,9,14H2,1-4H3. The number of aryl methyl sites for hydroxylation is 1. The monoisotopic (exact) mass is 286 g/mol. The largest absolute Gasteiger partial charge is 0.399 e. The van der Waals surface area contributed by atoms with E-state index in [9.17, 15) is 8.42 Å². The summed E-state index contributed by atoms with van der Waals surface area (Å²) in [6.07, 6.45) is 0. The van der Waals surface area contributed by atoms with Crippen LogP contribution >= 0.6 is 0 Å². The average Bonchev–Trinajstić information content (AvgIpc) is 2.33. The van der Waals surface area contributed by atoms with E-state index in [-0.39, 0.29) is 10.9 Å². The summed E-state index contributed by atoms with van der Waals surface area (Å²) in [5.74, 6) is 0. The molecule has 1 aromatic rings. The summed E-state index contributed by atoms with van der Waals surface area (Å²) in [7, 11) is -1.99. The summed E-state index contributed by atoms with van der Waals surface area (Å²) in [5, 5.41) is 0. The molecule has 2 N–H and O–H groups in total. The summed E-state index contributed by atoms with van der Waals surface area (Å²) in [6, 6.07) is 4.70. The smallest absolute Gasteiger partial charge is 0.243 e. The van der Waals surface area contributed by atoms with Crippen LogP contribution in [0.4, 0.5) is 5.69 Å². The van der Waals surface area contributed by atoms with Gasteiger partial charge in [-0.3, -0.25) is 0 Å². The van der Waals surface area contributed by atoms with Crippen molar-refractivity contribution in [3.05, 3.63) is 23.8 Å². The predicted molar refractivity (Wildman–Crippen MR) is 76.5 cm³/mol. The molecule has 6 heteroatoms. The Kier molecular flexibility index (Phi) is 5.34. The van der Waals surface area contributed by atoms with Crippen molar-refractivity contribution in [2.24, 2.45) is 0 Å². The van der Waals surface area contributed by atoms with Crippen molar-refractivity contribution in [1.29, 1.82) is 0 Å². The normalized spacial score (nSPS) is 13.7. The van der Waals surface area contributed by atoms with E-state index >= 15 is 0 Å². The van der Waals surface area contributed by atoms with Crippen LogP contribution < -0.4 is 5.73 Å². The van der Waals surface area contributed by atoms with E-state index in [0.29, 0.717) is 24.4 Å². The van der Waals surface area contributed by atoms with Crippen molar-refractivity contribution >= 4 is 15.7 Å². The number of hydrogen-bond donors (Lipinski definition) is 1. The van der Waals surface area contributed by atoms with Crippen LogP contribution in [-0.2, 0) is 14.8 Å². The van der Waals surface area contributed by atoms with Gasteiger partial charge in [0.25, 0.3) is 0 Å². The van der Waals surface area contributed by atoms with Gasteiger partial charge in [-0.25, -0.2) is 8.42 Å². The van der Waals surface area contributed by atoms with Gasteiger partial charge >= 0.3 is 0 Å². The van der Waals surface area contributed by atoms with Gasteiger partial charge in [0.2, 0.25) is 10.0 Å². The van der Waals surface area contributed by atoms with Gasteiger partial charge in [0, 0.05) is 25.4 Å². The van der Waals surface area contributed by atoms with Crippen LogP contribution in [0.2, 0.25) is 0 Å². The number of sulfonamides is 1. The molecule has 0 bridgehead atoms. The van der Waals surface area contributed by atoms with Crippen LogP contribution in [0.15, 0.2) is 23.1 Å². The van der Waals surface area contributed by atoms with Gasteiger partial charge < -0.3 is 10.5 Å². The summed E-state index contributed by atoms with van der Waals surface area (Å²) >= 11 is 0. The van der Waals surface area contributed by atoms with Crippen LogP contribution in [0.3, 0.4) is 0 Å². The Morgan fingerprint density at radius 3 is 2.58 bits per heavy atom. The lowest BCUT2D eigenvalue weighted by atomic mass is 10.2. The molecular formula is C13H22N2O3S. The molecule has 0 fully saturated rings. The second kappa shape index (κ2) is 6.36. The number of nitrogens with two attached hydrogens (primary N) is 1. The minimum atomic E-state index is -3.55. The fraction of sp³-hybridized carbons (Fsp3) is 0.538. The van der Waals surface area contributed by atoms with Crippen molar-refractivity contribution in [3.63, 3.8) is 0 Å². The average molecular weight is 286 g/mol. The maximum Gasteiger partial charge on any atom is 0.243 e.